The van der Waals surface area contributed by atoms with Gasteiger partial charge in [-0.1, -0.05) is 13.8 Å². The van der Waals surface area contributed by atoms with Crippen LogP contribution < -0.4 is 11.1 Å². The van der Waals surface area contributed by atoms with Crippen LogP contribution in [0.2, 0.25) is 0 Å². The molecule has 1 fully saturated rings. The summed E-state index contributed by atoms with van der Waals surface area (Å²) in [7, 11) is 0. The van der Waals surface area contributed by atoms with E-state index in [9.17, 15) is 14.4 Å². The fourth-order valence-electron chi connectivity index (χ4n) is 2.54. The second kappa shape index (κ2) is 11.1. The van der Waals surface area contributed by atoms with Crippen LogP contribution in [0.5, 0.6) is 0 Å². The number of nitrogens with two attached hydrogens (primary N) is 1. The van der Waals surface area contributed by atoms with Crippen molar-refractivity contribution in [1.82, 2.24) is 20.0 Å². The molecule has 0 aromatic rings. The topological polar surface area (TPSA) is 99.0 Å². The number of rotatable bonds is 6. The van der Waals surface area contributed by atoms with E-state index in [-0.39, 0.29) is 42.7 Å². The van der Waals surface area contributed by atoms with Crippen molar-refractivity contribution in [2.24, 2.45) is 11.7 Å². The van der Waals surface area contributed by atoms with Crippen molar-refractivity contribution in [3.63, 3.8) is 0 Å². The molecular weight excluding hydrogens is 346 g/mol. The van der Waals surface area contributed by atoms with E-state index in [0.29, 0.717) is 39.3 Å². The number of carbonyl (C=O) groups is 3. The lowest BCUT2D eigenvalue weighted by Crippen LogP contribution is -2.55. The third kappa shape index (κ3) is 6.70. The number of hydrogen-bond acceptors (Lipinski definition) is 4. The molecule has 1 rings (SSSR count). The molecule has 1 aliphatic rings. The lowest BCUT2D eigenvalue weighted by molar-refractivity contribution is -0.134. The predicted molar refractivity (Wildman–Crippen MR) is 99.5 cm³/mol. The summed E-state index contributed by atoms with van der Waals surface area (Å²) < 4.78 is 0. The number of nitrogens with one attached hydrogen (secondary N) is 1. The molecule has 1 atom stereocenters. The summed E-state index contributed by atoms with van der Waals surface area (Å²) in [6.07, 6.45) is 0. The smallest absolute Gasteiger partial charge is 0.320 e. The molecule has 146 valence electrons. The average molecular weight is 378 g/mol. The Morgan fingerprint density at radius 1 is 1.04 bits per heavy atom. The average Bonchev–Trinajstić information content (AvgIpc) is 2.59. The third-order valence-electron chi connectivity index (χ3n) is 4.37. The third-order valence-corrected chi connectivity index (χ3v) is 4.37. The fraction of sp³-hybridized carbons (Fsp3) is 0.812. The predicted octanol–water partition coefficient (Wildman–Crippen LogP) is 0.114. The quantitative estimate of drug-likeness (QED) is 0.686. The Hall–Kier alpha value is -1.54. The molecule has 0 aromatic heterocycles. The van der Waals surface area contributed by atoms with Gasteiger partial charge in [0.05, 0.1) is 12.6 Å². The number of amides is 4. The largest absolute Gasteiger partial charge is 0.346 e. The summed E-state index contributed by atoms with van der Waals surface area (Å²) in [6, 6.07) is -0.593. The maximum absolute atomic E-state index is 12.3. The first-order valence-corrected chi connectivity index (χ1v) is 8.66. The Balaban J connectivity index is 0.00000576. The van der Waals surface area contributed by atoms with Crippen molar-refractivity contribution >= 4 is 30.3 Å². The normalized spacial score (nSPS) is 15.4. The molecule has 8 nitrogen and oxygen atoms in total. The minimum Gasteiger partial charge on any atom is -0.346 e. The van der Waals surface area contributed by atoms with Gasteiger partial charge in [0.2, 0.25) is 11.8 Å². The van der Waals surface area contributed by atoms with E-state index >= 15 is 0 Å². The first kappa shape index (κ1) is 23.5. The van der Waals surface area contributed by atoms with E-state index in [1.807, 2.05) is 27.7 Å². The number of halogens is 1. The van der Waals surface area contributed by atoms with Crippen LogP contribution >= 0.6 is 12.4 Å². The van der Waals surface area contributed by atoms with Gasteiger partial charge >= 0.3 is 6.03 Å². The van der Waals surface area contributed by atoms with Crippen molar-refractivity contribution in [3.8, 4) is 0 Å². The number of piperazine rings is 1. The second-order valence-electron chi connectivity index (χ2n) is 6.31. The molecule has 1 aliphatic heterocycles. The van der Waals surface area contributed by atoms with Crippen molar-refractivity contribution in [1.29, 1.82) is 0 Å². The maximum atomic E-state index is 12.3. The van der Waals surface area contributed by atoms with Crippen LogP contribution in [0.4, 0.5) is 4.79 Å². The van der Waals surface area contributed by atoms with E-state index in [4.69, 9.17) is 5.73 Å². The highest BCUT2D eigenvalue weighted by Crippen LogP contribution is 2.06. The van der Waals surface area contributed by atoms with Gasteiger partial charge in [-0.25, -0.2) is 4.79 Å². The van der Waals surface area contributed by atoms with Gasteiger partial charge in [-0.2, -0.15) is 0 Å². The van der Waals surface area contributed by atoms with Gasteiger partial charge in [0.1, 0.15) is 0 Å². The zero-order valence-corrected chi connectivity index (χ0v) is 16.5. The van der Waals surface area contributed by atoms with E-state index in [2.05, 4.69) is 5.32 Å². The van der Waals surface area contributed by atoms with E-state index < -0.39 is 6.04 Å². The Labute approximate surface area is 156 Å². The summed E-state index contributed by atoms with van der Waals surface area (Å²) in [5.74, 6) is -0.433. The number of hydrogen-bond donors (Lipinski definition) is 2. The number of nitrogens with zero attached hydrogens (tertiary/aromatic N) is 3. The van der Waals surface area contributed by atoms with Crippen LogP contribution in [0.1, 0.15) is 27.7 Å². The maximum Gasteiger partial charge on any atom is 0.320 e. The lowest BCUT2D eigenvalue weighted by Gasteiger charge is -2.37. The molecule has 9 heteroatoms. The van der Waals surface area contributed by atoms with Gasteiger partial charge in [0.15, 0.2) is 0 Å². The van der Waals surface area contributed by atoms with Crippen LogP contribution in [-0.2, 0) is 9.59 Å². The lowest BCUT2D eigenvalue weighted by atomic mass is 10.1. The molecule has 0 unspecified atom stereocenters. The van der Waals surface area contributed by atoms with Crippen LogP contribution in [0.15, 0.2) is 0 Å². The van der Waals surface area contributed by atoms with Crippen molar-refractivity contribution in [3.05, 3.63) is 0 Å². The van der Waals surface area contributed by atoms with Gasteiger partial charge in [-0.15, -0.1) is 12.4 Å². The molecule has 1 saturated heterocycles. The highest BCUT2D eigenvalue weighted by molar-refractivity contribution is 5.87. The zero-order valence-electron chi connectivity index (χ0n) is 15.7. The highest BCUT2D eigenvalue weighted by atomic mass is 35.5. The van der Waals surface area contributed by atoms with Crippen LogP contribution in [0.3, 0.4) is 0 Å². The monoisotopic (exact) mass is 377 g/mol. The SMILES string of the molecule is CCN(CC)C(=O)N1CCN(C(=O)CNC(=O)[C@@H](N)C(C)C)CC1.Cl. The molecule has 0 aliphatic carbocycles. The Morgan fingerprint density at radius 3 is 1.96 bits per heavy atom. The van der Waals surface area contributed by atoms with Gasteiger partial charge in [-0.05, 0) is 19.8 Å². The standard InChI is InChI=1S/C16H31N5O3.ClH/c1-5-19(6-2)16(24)21-9-7-20(8-10-21)13(22)11-18-15(23)14(17)12(3)4;/h12,14H,5-11,17H2,1-4H3,(H,18,23);1H/t14-;/m0./s1. The minimum atomic E-state index is -0.610. The van der Waals surface area contributed by atoms with Gasteiger partial charge < -0.3 is 25.8 Å². The van der Waals surface area contributed by atoms with Gasteiger partial charge in [0.25, 0.3) is 0 Å². The minimum absolute atomic E-state index is 0. The van der Waals surface area contributed by atoms with Crippen molar-refractivity contribution in [2.75, 3.05) is 45.8 Å². The van der Waals surface area contributed by atoms with E-state index in [1.165, 1.54) is 0 Å². The molecule has 25 heavy (non-hydrogen) atoms. The molecular formula is C16H32ClN5O3. The first-order chi connectivity index (χ1) is 11.3. The summed E-state index contributed by atoms with van der Waals surface area (Å²) in [5.41, 5.74) is 5.75. The summed E-state index contributed by atoms with van der Waals surface area (Å²) in [5, 5.41) is 2.59. The van der Waals surface area contributed by atoms with Crippen LogP contribution in [0, 0.1) is 5.92 Å². The molecule has 0 aromatic carbocycles. The van der Waals surface area contributed by atoms with Crippen molar-refractivity contribution in [2.45, 2.75) is 33.7 Å². The van der Waals surface area contributed by atoms with Crippen molar-refractivity contribution < 1.29 is 14.4 Å². The summed E-state index contributed by atoms with van der Waals surface area (Å²) in [6.45, 7) is 10.9. The number of urea groups is 1. The van der Waals surface area contributed by atoms with E-state index in [0.717, 1.165) is 0 Å². The molecule has 0 bridgehead atoms. The Morgan fingerprint density at radius 2 is 1.52 bits per heavy atom. The fourth-order valence-corrected chi connectivity index (χ4v) is 2.54. The molecule has 1 heterocycles. The Kier molecular flexibility index (Phi) is 10.5. The molecule has 4 amide bonds. The van der Waals surface area contributed by atoms with Gasteiger partial charge in [-0.3, -0.25) is 9.59 Å². The van der Waals surface area contributed by atoms with Gasteiger partial charge in [0, 0.05) is 39.3 Å². The summed E-state index contributed by atoms with van der Waals surface area (Å²) in [4.78, 5) is 41.4. The number of carbonyl (C=O) groups excluding carboxylic acids is 3. The van der Waals surface area contributed by atoms with Crippen LogP contribution in [0.25, 0.3) is 0 Å². The Bertz CT molecular complexity index is 449. The molecule has 0 radical (unpaired) electrons. The second-order valence-corrected chi connectivity index (χ2v) is 6.31. The van der Waals surface area contributed by atoms with E-state index in [1.54, 1.807) is 14.7 Å². The molecule has 0 saturated carbocycles. The first-order valence-electron chi connectivity index (χ1n) is 8.66. The molecule has 3 N–H and O–H groups in total. The summed E-state index contributed by atoms with van der Waals surface area (Å²) >= 11 is 0. The zero-order chi connectivity index (χ0) is 18.3. The highest BCUT2D eigenvalue weighted by Gasteiger charge is 2.26. The van der Waals surface area contributed by atoms with Crippen LogP contribution in [-0.4, -0.2) is 84.4 Å². The molecule has 0 spiro atoms.